The molecule has 0 amide bonds. The van der Waals surface area contributed by atoms with E-state index in [4.69, 9.17) is 0 Å². The van der Waals surface area contributed by atoms with Crippen molar-refractivity contribution >= 4 is 28.9 Å². The first-order valence-electron chi connectivity index (χ1n) is 6.88. The van der Waals surface area contributed by atoms with Gasteiger partial charge in [-0.05, 0) is 37.3 Å². The first-order chi connectivity index (χ1) is 11.1. The molecule has 0 atom stereocenters. The second-order valence-corrected chi connectivity index (χ2v) is 4.94. The molecule has 0 aliphatic carbocycles. The highest BCUT2D eigenvalue weighted by atomic mass is 16.4. The zero-order chi connectivity index (χ0) is 16.4. The maximum atomic E-state index is 11.2. The molecule has 0 aliphatic rings. The Morgan fingerprint density at radius 3 is 2.78 bits per heavy atom. The predicted molar refractivity (Wildman–Crippen MR) is 86.6 cm³/mol. The van der Waals surface area contributed by atoms with Crippen LogP contribution in [0.5, 0.6) is 5.75 Å². The summed E-state index contributed by atoms with van der Waals surface area (Å²) in [6.07, 6.45) is 3.24. The maximum Gasteiger partial charge on any atom is 0.337 e. The molecular weight excluding hydrogens is 294 g/mol. The number of aryl methyl sites for hydroxylation is 1. The molecule has 0 saturated heterocycles. The Morgan fingerprint density at radius 1 is 1.26 bits per heavy atom. The third-order valence-corrected chi connectivity index (χ3v) is 3.40. The van der Waals surface area contributed by atoms with Gasteiger partial charge in [-0.2, -0.15) is 0 Å². The van der Waals surface area contributed by atoms with E-state index < -0.39 is 5.97 Å². The Morgan fingerprint density at radius 2 is 2.09 bits per heavy atom. The van der Waals surface area contributed by atoms with E-state index in [9.17, 15) is 15.0 Å². The first-order valence-corrected chi connectivity index (χ1v) is 6.88. The summed E-state index contributed by atoms with van der Waals surface area (Å²) in [7, 11) is 0. The van der Waals surface area contributed by atoms with Crippen LogP contribution in [0.25, 0.3) is 10.9 Å². The number of hydrogen-bond acceptors (Lipinski definition) is 5. The second-order valence-electron chi connectivity index (χ2n) is 4.94. The molecule has 0 spiro atoms. The number of phenols is 1. The van der Waals surface area contributed by atoms with Crippen LogP contribution in [0.4, 0.5) is 5.82 Å². The van der Waals surface area contributed by atoms with E-state index in [1.807, 2.05) is 6.07 Å². The Balaban J connectivity index is 2.15. The van der Waals surface area contributed by atoms with Crippen LogP contribution in [0.1, 0.15) is 21.6 Å². The van der Waals surface area contributed by atoms with Gasteiger partial charge in [-0.1, -0.05) is 6.07 Å². The fourth-order valence-electron chi connectivity index (χ4n) is 2.24. The Labute approximate surface area is 131 Å². The van der Waals surface area contributed by atoms with Gasteiger partial charge in [-0.25, -0.2) is 14.8 Å². The molecule has 6 nitrogen and oxygen atoms in total. The summed E-state index contributed by atoms with van der Waals surface area (Å²) in [6, 6.07) is 9.99. The highest BCUT2D eigenvalue weighted by Crippen LogP contribution is 2.28. The largest absolute Gasteiger partial charge is 0.507 e. The molecule has 0 unspecified atom stereocenters. The molecule has 6 heteroatoms. The van der Waals surface area contributed by atoms with Crippen molar-refractivity contribution in [1.82, 2.24) is 9.97 Å². The summed E-state index contributed by atoms with van der Waals surface area (Å²) in [5, 5.41) is 19.5. The van der Waals surface area contributed by atoms with Crippen molar-refractivity contribution in [3.63, 3.8) is 0 Å². The minimum absolute atomic E-state index is 0.0232. The molecule has 0 aliphatic heterocycles. The number of phenolic OH excluding ortho intramolecular Hbond substituents is 1. The standard InChI is InChI=1S/C17H13N3O3/c1-10-12(17(22)23)8-13-14(21)6-5-11(16(13)20-10)9-19-15-4-2-3-7-18-15/h2-9,21H,1H3,(H,22,23). The average molecular weight is 307 g/mol. The first kappa shape index (κ1) is 14.6. The smallest absolute Gasteiger partial charge is 0.337 e. The van der Waals surface area contributed by atoms with Gasteiger partial charge in [-0.3, -0.25) is 4.98 Å². The van der Waals surface area contributed by atoms with Gasteiger partial charge in [0.1, 0.15) is 5.75 Å². The number of carboxylic acid groups (broad SMARTS) is 1. The van der Waals surface area contributed by atoms with E-state index >= 15 is 0 Å². The van der Waals surface area contributed by atoms with Gasteiger partial charge in [0.05, 0.1) is 16.8 Å². The van der Waals surface area contributed by atoms with Gasteiger partial charge in [0, 0.05) is 23.4 Å². The van der Waals surface area contributed by atoms with Crippen LogP contribution in [0.3, 0.4) is 0 Å². The number of aliphatic imine (C=N–C) groups is 1. The van der Waals surface area contributed by atoms with Gasteiger partial charge in [0.2, 0.25) is 0 Å². The van der Waals surface area contributed by atoms with E-state index in [0.717, 1.165) is 0 Å². The lowest BCUT2D eigenvalue weighted by Gasteiger charge is -2.07. The van der Waals surface area contributed by atoms with E-state index in [2.05, 4.69) is 15.0 Å². The summed E-state index contributed by atoms with van der Waals surface area (Å²) < 4.78 is 0. The minimum Gasteiger partial charge on any atom is -0.507 e. The number of carbonyl (C=O) groups is 1. The summed E-state index contributed by atoms with van der Waals surface area (Å²) in [5.74, 6) is -0.554. The van der Waals surface area contributed by atoms with Crippen LogP contribution in [0, 0.1) is 6.92 Å². The average Bonchev–Trinajstić information content (AvgIpc) is 2.54. The fraction of sp³-hybridized carbons (Fsp3) is 0.0588. The van der Waals surface area contributed by atoms with Crippen LogP contribution in [-0.2, 0) is 0 Å². The molecular formula is C17H13N3O3. The number of rotatable bonds is 3. The van der Waals surface area contributed by atoms with Crippen LogP contribution >= 0.6 is 0 Å². The van der Waals surface area contributed by atoms with Crippen molar-refractivity contribution < 1.29 is 15.0 Å². The van der Waals surface area contributed by atoms with Crippen molar-refractivity contribution in [2.45, 2.75) is 6.92 Å². The van der Waals surface area contributed by atoms with Gasteiger partial charge in [0.25, 0.3) is 0 Å². The summed E-state index contributed by atoms with van der Waals surface area (Å²) in [6.45, 7) is 1.62. The molecule has 1 aromatic carbocycles. The zero-order valence-corrected chi connectivity index (χ0v) is 12.3. The van der Waals surface area contributed by atoms with Crippen molar-refractivity contribution in [1.29, 1.82) is 0 Å². The number of hydrogen-bond donors (Lipinski definition) is 2. The highest BCUT2D eigenvalue weighted by molar-refractivity contribution is 6.03. The quantitative estimate of drug-likeness (QED) is 0.725. The Hall–Kier alpha value is -3.28. The zero-order valence-electron chi connectivity index (χ0n) is 12.3. The van der Waals surface area contributed by atoms with Gasteiger partial charge >= 0.3 is 5.97 Å². The number of aromatic carboxylic acids is 1. The molecule has 114 valence electrons. The number of aromatic hydroxyl groups is 1. The third kappa shape index (κ3) is 2.87. The number of pyridine rings is 2. The lowest BCUT2D eigenvalue weighted by Crippen LogP contribution is -2.03. The lowest BCUT2D eigenvalue weighted by molar-refractivity contribution is 0.0696. The van der Waals surface area contributed by atoms with Crippen LogP contribution in [0.15, 0.2) is 47.6 Å². The van der Waals surface area contributed by atoms with Gasteiger partial charge < -0.3 is 10.2 Å². The number of carboxylic acids is 1. The van der Waals surface area contributed by atoms with Crippen molar-refractivity contribution in [3.05, 3.63) is 59.4 Å². The molecule has 2 aromatic heterocycles. The topological polar surface area (TPSA) is 95.7 Å². The van der Waals surface area contributed by atoms with E-state index in [1.165, 1.54) is 12.1 Å². The van der Waals surface area contributed by atoms with Crippen LogP contribution in [-0.4, -0.2) is 32.4 Å². The number of fused-ring (bicyclic) bond motifs is 1. The fourth-order valence-corrected chi connectivity index (χ4v) is 2.24. The monoisotopic (exact) mass is 307 g/mol. The molecule has 3 aromatic rings. The highest BCUT2D eigenvalue weighted by Gasteiger charge is 2.13. The number of benzene rings is 1. The SMILES string of the molecule is Cc1nc2c(C=Nc3ccccn3)ccc(O)c2cc1C(=O)O. The molecule has 0 fully saturated rings. The van der Waals surface area contributed by atoms with Crippen molar-refractivity contribution in [2.24, 2.45) is 4.99 Å². The molecule has 23 heavy (non-hydrogen) atoms. The molecule has 0 bridgehead atoms. The molecule has 0 radical (unpaired) electrons. The van der Waals surface area contributed by atoms with Crippen molar-refractivity contribution in [3.8, 4) is 5.75 Å². The Bertz CT molecular complexity index is 921. The number of aromatic nitrogens is 2. The van der Waals surface area contributed by atoms with Crippen LogP contribution < -0.4 is 0 Å². The maximum absolute atomic E-state index is 11.2. The van der Waals surface area contributed by atoms with Gasteiger partial charge in [-0.15, -0.1) is 0 Å². The molecule has 2 heterocycles. The van der Waals surface area contributed by atoms with Gasteiger partial charge in [0.15, 0.2) is 5.82 Å². The van der Waals surface area contributed by atoms with E-state index in [0.29, 0.717) is 28.0 Å². The van der Waals surface area contributed by atoms with Crippen molar-refractivity contribution in [2.75, 3.05) is 0 Å². The second kappa shape index (κ2) is 5.84. The molecule has 3 rings (SSSR count). The molecule has 0 saturated carbocycles. The van der Waals surface area contributed by atoms with Crippen LogP contribution in [0.2, 0.25) is 0 Å². The summed E-state index contributed by atoms with van der Waals surface area (Å²) in [5.41, 5.74) is 1.60. The Kier molecular flexibility index (Phi) is 3.72. The minimum atomic E-state index is -1.08. The summed E-state index contributed by atoms with van der Waals surface area (Å²) in [4.78, 5) is 23.9. The predicted octanol–water partition coefficient (Wildman–Crippen LogP) is 3.09. The van der Waals surface area contributed by atoms with E-state index in [-0.39, 0.29) is 11.3 Å². The number of nitrogens with zero attached hydrogens (tertiary/aromatic N) is 3. The summed E-state index contributed by atoms with van der Waals surface area (Å²) >= 11 is 0. The molecule has 2 N–H and O–H groups in total. The lowest BCUT2D eigenvalue weighted by atomic mass is 10.1. The third-order valence-electron chi connectivity index (χ3n) is 3.40. The van der Waals surface area contributed by atoms with E-state index in [1.54, 1.807) is 37.5 Å². The normalized spacial score (nSPS) is 11.2.